The first-order valence-corrected chi connectivity index (χ1v) is 5.03. The van der Waals surface area contributed by atoms with E-state index >= 15 is 0 Å². The largest absolute Gasteiger partial charge is 0.350 e. The van der Waals surface area contributed by atoms with Crippen molar-refractivity contribution in [2.24, 2.45) is 5.18 Å². The lowest BCUT2D eigenvalue weighted by molar-refractivity contribution is -0.117. The molecule has 0 aromatic rings. The van der Waals surface area contributed by atoms with Crippen LogP contribution in [0.25, 0.3) is 0 Å². The van der Waals surface area contributed by atoms with Gasteiger partial charge in [0.2, 0.25) is 5.91 Å². The van der Waals surface area contributed by atoms with E-state index in [0.717, 1.165) is 5.31 Å². The fourth-order valence-electron chi connectivity index (χ4n) is 0.719. The normalized spacial score (nSPS) is 12.1. The Balaban J connectivity index is 4.18. The second kappa shape index (κ2) is 8.06. The van der Waals surface area contributed by atoms with Gasteiger partial charge < -0.3 is 5.32 Å². The van der Waals surface area contributed by atoms with E-state index in [0.29, 0.717) is 5.57 Å². The number of nitrogens with zero attached hydrogens (tertiary/aromatic N) is 1. The summed E-state index contributed by atoms with van der Waals surface area (Å²) in [6.45, 7) is 5.64. The van der Waals surface area contributed by atoms with Crippen molar-refractivity contribution in [1.29, 1.82) is 0 Å². The van der Waals surface area contributed by atoms with Crippen LogP contribution >= 0.6 is 9.24 Å². The van der Waals surface area contributed by atoms with Crippen LogP contribution in [0.2, 0.25) is 0 Å². The molecule has 4 nitrogen and oxygen atoms in total. The Morgan fingerprint density at radius 2 is 2.20 bits per heavy atom. The van der Waals surface area contributed by atoms with Crippen molar-refractivity contribution in [3.8, 4) is 0 Å². The summed E-state index contributed by atoms with van der Waals surface area (Å²) in [4.78, 5) is 21.1. The molecule has 0 radical (unpaired) electrons. The van der Waals surface area contributed by atoms with Crippen molar-refractivity contribution in [3.63, 3.8) is 0 Å². The molecular formula is C10H15N2O2P. The number of carbonyl (C=O) groups excluding carboxylic acids is 1. The van der Waals surface area contributed by atoms with E-state index in [1.165, 1.54) is 0 Å². The molecule has 0 aromatic carbocycles. The maximum Gasteiger partial charge on any atom is 0.246 e. The summed E-state index contributed by atoms with van der Waals surface area (Å²) in [5.41, 5.74) is 0.572. The van der Waals surface area contributed by atoms with Crippen LogP contribution in [0.4, 0.5) is 0 Å². The smallest absolute Gasteiger partial charge is 0.246 e. The van der Waals surface area contributed by atoms with Gasteiger partial charge in [0.25, 0.3) is 0 Å². The summed E-state index contributed by atoms with van der Waals surface area (Å²) < 4.78 is 0. The van der Waals surface area contributed by atoms with Crippen LogP contribution in [0.3, 0.4) is 0 Å². The molecule has 1 N–H and O–H groups in total. The second-order valence-electron chi connectivity index (χ2n) is 2.83. The molecule has 5 heteroatoms. The van der Waals surface area contributed by atoms with Crippen molar-refractivity contribution in [2.75, 3.05) is 13.1 Å². The van der Waals surface area contributed by atoms with Crippen molar-refractivity contribution < 1.29 is 4.79 Å². The maximum atomic E-state index is 11.3. The SMILES string of the molecule is C=C/C(P)=C\C=C(/C)C(=O)NCCN=O. The van der Waals surface area contributed by atoms with Crippen LogP contribution in [0.15, 0.2) is 40.9 Å². The second-order valence-corrected chi connectivity index (χ2v) is 3.50. The number of rotatable bonds is 6. The standard InChI is InChI=1S/C10H15N2O2P/c1-3-9(15)5-4-8(2)10(13)11-6-7-12-14/h3-5H,1,6-7,15H2,2H3,(H,11,13)/b8-4+,9-5+. The third-order valence-electron chi connectivity index (χ3n) is 1.61. The molecule has 0 saturated heterocycles. The fraction of sp³-hybridized carbons (Fsp3) is 0.300. The number of nitrogens with one attached hydrogen (secondary N) is 1. The minimum Gasteiger partial charge on any atom is -0.350 e. The molecule has 0 aliphatic carbocycles. The Bertz CT molecular complexity index is 309. The molecular weight excluding hydrogens is 211 g/mol. The predicted octanol–water partition coefficient (Wildman–Crippen LogP) is 1.76. The number of allylic oxidation sites excluding steroid dienone is 4. The molecule has 0 rings (SSSR count). The van der Waals surface area contributed by atoms with E-state index in [4.69, 9.17) is 0 Å². The first kappa shape index (κ1) is 13.7. The van der Waals surface area contributed by atoms with Crippen molar-refractivity contribution in [3.05, 3.63) is 40.6 Å². The first-order chi connectivity index (χ1) is 7.11. The molecule has 0 saturated carbocycles. The van der Waals surface area contributed by atoms with Crippen LogP contribution < -0.4 is 5.32 Å². The Morgan fingerprint density at radius 3 is 2.73 bits per heavy atom. The Labute approximate surface area is 91.7 Å². The van der Waals surface area contributed by atoms with E-state index in [-0.39, 0.29) is 19.0 Å². The van der Waals surface area contributed by atoms with Crippen LogP contribution in [-0.2, 0) is 4.79 Å². The first-order valence-electron chi connectivity index (χ1n) is 4.45. The summed E-state index contributed by atoms with van der Waals surface area (Å²) in [5.74, 6) is -0.197. The summed E-state index contributed by atoms with van der Waals surface area (Å²) in [6.07, 6.45) is 5.13. The average Bonchev–Trinajstić information content (AvgIpc) is 2.25. The quantitative estimate of drug-likeness (QED) is 0.246. The van der Waals surface area contributed by atoms with Gasteiger partial charge in [-0.2, -0.15) is 4.91 Å². The van der Waals surface area contributed by atoms with E-state index in [2.05, 4.69) is 26.3 Å². The fourth-order valence-corrected chi connectivity index (χ4v) is 0.816. The summed E-state index contributed by atoms with van der Waals surface area (Å²) in [7, 11) is 2.49. The zero-order chi connectivity index (χ0) is 11.7. The van der Waals surface area contributed by atoms with Gasteiger partial charge in [0.05, 0.1) is 6.54 Å². The third kappa shape index (κ3) is 6.75. The van der Waals surface area contributed by atoms with Crippen molar-refractivity contribution in [2.45, 2.75) is 6.92 Å². The molecule has 0 aromatic heterocycles. The molecule has 1 atom stereocenters. The molecule has 0 aliphatic rings. The van der Waals surface area contributed by atoms with Crippen molar-refractivity contribution >= 4 is 15.1 Å². The van der Waals surface area contributed by atoms with Crippen molar-refractivity contribution in [1.82, 2.24) is 5.32 Å². The van der Waals surface area contributed by atoms with Gasteiger partial charge in [0.1, 0.15) is 0 Å². The van der Waals surface area contributed by atoms with Gasteiger partial charge in [-0.1, -0.05) is 30.0 Å². The van der Waals surface area contributed by atoms with E-state index in [1.807, 2.05) is 0 Å². The topological polar surface area (TPSA) is 58.5 Å². The predicted molar refractivity (Wildman–Crippen MR) is 65.4 cm³/mol. The van der Waals surface area contributed by atoms with E-state index < -0.39 is 0 Å². The number of carbonyl (C=O) groups is 1. The number of hydrogen-bond donors (Lipinski definition) is 1. The summed E-state index contributed by atoms with van der Waals surface area (Å²) in [5, 5.41) is 6.10. The number of hydrogen-bond acceptors (Lipinski definition) is 3. The molecule has 0 fully saturated rings. The number of amides is 1. The van der Waals surface area contributed by atoms with E-state index in [1.54, 1.807) is 25.2 Å². The summed E-state index contributed by atoms with van der Waals surface area (Å²) >= 11 is 0. The van der Waals surface area contributed by atoms with Gasteiger partial charge in [-0.05, 0) is 12.2 Å². The Hall–Kier alpha value is -1.28. The Morgan fingerprint density at radius 1 is 1.53 bits per heavy atom. The van der Waals surface area contributed by atoms with Gasteiger partial charge in [-0.15, -0.1) is 9.24 Å². The highest BCUT2D eigenvalue weighted by molar-refractivity contribution is 7.22. The highest BCUT2D eigenvalue weighted by atomic mass is 31.0. The molecule has 0 heterocycles. The average molecular weight is 226 g/mol. The van der Waals surface area contributed by atoms with E-state index in [9.17, 15) is 9.70 Å². The zero-order valence-corrected chi connectivity index (χ0v) is 9.85. The highest BCUT2D eigenvalue weighted by Crippen LogP contribution is 2.06. The van der Waals surface area contributed by atoms with Gasteiger partial charge in [-0.3, -0.25) is 4.79 Å². The van der Waals surface area contributed by atoms with Crippen LogP contribution in [0.1, 0.15) is 6.92 Å². The lowest BCUT2D eigenvalue weighted by atomic mass is 10.2. The minimum atomic E-state index is -0.197. The maximum absolute atomic E-state index is 11.3. The van der Waals surface area contributed by atoms with Gasteiger partial charge >= 0.3 is 0 Å². The third-order valence-corrected chi connectivity index (χ3v) is 2.04. The van der Waals surface area contributed by atoms with Gasteiger partial charge in [-0.25, -0.2) is 0 Å². The molecule has 82 valence electrons. The van der Waals surface area contributed by atoms with Crippen LogP contribution in [0, 0.1) is 4.91 Å². The van der Waals surface area contributed by atoms with Crippen LogP contribution in [-0.4, -0.2) is 19.0 Å². The lowest BCUT2D eigenvalue weighted by Gasteiger charge is -2.01. The zero-order valence-electron chi connectivity index (χ0n) is 8.69. The molecule has 0 spiro atoms. The minimum absolute atomic E-state index is 0.0936. The molecule has 15 heavy (non-hydrogen) atoms. The molecule has 0 bridgehead atoms. The van der Waals surface area contributed by atoms with Gasteiger partial charge in [0.15, 0.2) is 0 Å². The molecule has 1 amide bonds. The van der Waals surface area contributed by atoms with Crippen LogP contribution in [0.5, 0.6) is 0 Å². The molecule has 1 unspecified atom stereocenters. The lowest BCUT2D eigenvalue weighted by Crippen LogP contribution is -2.26. The Kier molecular flexibility index (Phi) is 7.38. The molecule has 0 aliphatic heterocycles. The van der Waals surface area contributed by atoms with Gasteiger partial charge in [0, 0.05) is 12.1 Å². The summed E-state index contributed by atoms with van der Waals surface area (Å²) in [6, 6.07) is 0. The monoisotopic (exact) mass is 226 g/mol. The number of nitroso groups, excluding NO2 is 1. The highest BCUT2D eigenvalue weighted by Gasteiger charge is 2.01.